The quantitative estimate of drug-likeness (QED) is 0.519. The lowest BCUT2D eigenvalue weighted by atomic mass is 9.92. The van der Waals surface area contributed by atoms with Crippen LogP contribution < -0.4 is 0 Å². The van der Waals surface area contributed by atoms with Crippen molar-refractivity contribution in [3.05, 3.63) is 47.5 Å². The van der Waals surface area contributed by atoms with E-state index in [1.807, 2.05) is 0 Å². The highest BCUT2D eigenvalue weighted by molar-refractivity contribution is 6.25. The van der Waals surface area contributed by atoms with Gasteiger partial charge in [0.2, 0.25) is 0 Å². The molecule has 4 N–H and O–H groups in total. The molecular formula is C18H17NO7. The Hall–Kier alpha value is -2.36. The number of hydrogen-bond acceptors (Lipinski definition) is 7. The van der Waals surface area contributed by atoms with E-state index >= 15 is 0 Å². The average molecular weight is 359 g/mol. The van der Waals surface area contributed by atoms with Crippen LogP contribution in [0.2, 0.25) is 0 Å². The molecule has 2 aliphatic heterocycles. The van der Waals surface area contributed by atoms with Crippen molar-refractivity contribution >= 4 is 22.6 Å². The Morgan fingerprint density at radius 1 is 0.885 bits per heavy atom. The van der Waals surface area contributed by atoms with Crippen molar-refractivity contribution in [1.82, 2.24) is 4.90 Å². The summed E-state index contributed by atoms with van der Waals surface area (Å²) in [5.74, 6) is -1.35. The summed E-state index contributed by atoms with van der Waals surface area (Å²) in [7, 11) is 0. The number of carbonyl (C=O) groups is 2. The molecule has 26 heavy (non-hydrogen) atoms. The number of nitrogens with zero attached hydrogens (tertiary/aromatic N) is 1. The van der Waals surface area contributed by atoms with Crippen molar-refractivity contribution in [2.45, 2.75) is 30.6 Å². The highest BCUT2D eigenvalue weighted by Gasteiger charge is 2.50. The van der Waals surface area contributed by atoms with E-state index in [0.717, 1.165) is 10.3 Å². The molecule has 136 valence electrons. The van der Waals surface area contributed by atoms with E-state index in [9.17, 15) is 30.0 Å². The molecule has 8 heteroatoms. The second kappa shape index (κ2) is 6.11. The molecule has 8 nitrogen and oxygen atoms in total. The molecule has 0 saturated carbocycles. The average Bonchev–Trinajstić information content (AvgIpc) is 2.66. The van der Waals surface area contributed by atoms with Gasteiger partial charge in [-0.2, -0.15) is 0 Å². The van der Waals surface area contributed by atoms with Crippen LogP contribution in [0.5, 0.6) is 0 Å². The lowest BCUT2D eigenvalue weighted by Gasteiger charge is -2.44. The number of hydrogen-bond donors (Lipinski definition) is 4. The second-order valence-electron chi connectivity index (χ2n) is 6.41. The normalized spacial score (nSPS) is 31.5. The predicted molar refractivity (Wildman–Crippen MR) is 88.2 cm³/mol. The lowest BCUT2D eigenvalue weighted by molar-refractivity contribution is -0.251. The van der Waals surface area contributed by atoms with Gasteiger partial charge in [0.1, 0.15) is 24.4 Å². The van der Waals surface area contributed by atoms with Gasteiger partial charge in [-0.15, -0.1) is 0 Å². The van der Waals surface area contributed by atoms with Gasteiger partial charge in [0.25, 0.3) is 11.8 Å². The first-order chi connectivity index (χ1) is 12.5. The van der Waals surface area contributed by atoms with Gasteiger partial charge >= 0.3 is 0 Å². The summed E-state index contributed by atoms with van der Waals surface area (Å²) in [6.07, 6.45) is -7.72. The third kappa shape index (κ3) is 2.28. The van der Waals surface area contributed by atoms with Gasteiger partial charge < -0.3 is 25.2 Å². The summed E-state index contributed by atoms with van der Waals surface area (Å²) in [4.78, 5) is 26.6. The van der Waals surface area contributed by atoms with E-state index < -0.39 is 49.1 Å². The summed E-state index contributed by atoms with van der Waals surface area (Å²) in [5, 5.41) is 40.7. The molecule has 0 bridgehead atoms. The Balaban J connectivity index is 1.81. The first-order valence-electron chi connectivity index (χ1n) is 8.16. The first kappa shape index (κ1) is 17.1. The molecule has 0 aliphatic carbocycles. The van der Waals surface area contributed by atoms with Crippen LogP contribution in [0.4, 0.5) is 0 Å². The van der Waals surface area contributed by atoms with E-state index in [2.05, 4.69) is 0 Å². The number of imide groups is 1. The largest absolute Gasteiger partial charge is 0.394 e. The fraction of sp³-hybridized carbons (Fsp3) is 0.333. The molecule has 2 aliphatic rings. The monoisotopic (exact) mass is 359 g/mol. The van der Waals surface area contributed by atoms with Crippen LogP contribution in [0.15, 0.2) is 36.4 Å². The minimum absolute atomic E-state index is 0.273. The highest BCUT2D eigenvalue weighted by atomic mass is 16.6. The molecule has 2 aromatic carbocycles. The van der Waals surface area contributed by atoms with Crippen molar-refractivity contribution in [3.63, 3.8) is 0 Å². The van der Waals surface area contributed by atoms with Crippen LogP contribution in [0.25, 0.3) is 10.8 Å². The van der Waals surface area contributed by atoms with E-state index in [-0.39, 0.29) is 11.1 Å². The minimum Gasteiger partial charge on any atom is -0.394 e. The third-order valence-corrected chi connectivity index (χ3v) is 4.92. The first-order valence-corrected chi connectivity index (χ1v) is 8.16. The number of aliphatic hydroxyl groups excluding tert-OH is 4. The zero-order valence-electron chi connectivity index (χ0n) is 13.5. The Morgan fingerprint density at radius 2 is 1.46 bits per heavy atom. The zero-order valence-corrected chi connectivity index (χ0v) is 13.5. The molecule has 2 aromatic rings. The van der Waals surface area contributed by atoms with Gasteiger partial charge in [-0.3, -0.25) is 9.59 Å². The van der Waals surface area contributed by atoms with Gasteiger partial charge in [-0.25, -0.2) is 4.90 Å². The van der Waals surface area contributed by atoms with Gasteiger partial charge in [-0.05, 0) is 17.5 Å². The Kier molecular flexibility index (Phi) is 4.02. The molecule has 1 fully saturated rings. The fourth-order valence-corrected chi connectivity index (χ4v) is 3.58. The van der Waals surface area contributed by atoms with Gasteiger partial charge in [0, 0.05) is 16.5 Å². The van der Waals surface area contributed by atoms with Crippen molar-refractivity contribution in [1.29, 1.82) is 0 Å². The summed E-state index contributed by atoms with van der Waals surface area (Å²) in [6, 6.07) is 10.1. The van der Waals surface area contributed by atoms with Crippen LogP contribution >= 0.6 is 0 Å². The lowest BCUT2D eigenvalue weighted by Crippen LogP contribution is -2.65. The summed E-state index contributed by atoms with van der Waals surface area (Å²) in [5.41, 5.74) is 0.546. The summed E-state index contributed by atoms with van der Waals surface area (Å²) >= 11 is 0. The zero-order chi connectivity index (χ0) is 18.6. The molecule has 0 aromatic heterocycles. The van der Waals surface area contributed by atoms with Crippen LogP contribution in [-0.2, 0) is 4.74 Å². The van der Waals surface area contributed by atoms with Crippen LogP contribution in [-0.4, -0.2) is 74.4 Å². The van der Waals surface area contributed by atoms with Crippen LogP contribution in [0.3, 0.4) is 0 Å². The summed E-state index contributed by atoms with van der Waals surface area (Å²) < 4.78 is 5.40. The number of benzene rings is 2. The van der Waals surface area contributed by atoms with Crippen LogP contribution in [0, 0.1) is 0 Å². The number of amides is 2. The van der Waals surface area contributed by atoms with E-state index in [0.29, 0.717) is 5.39 Å². The van der Waals surface area contributed by atoms with Crippen molar-refractivity contribution in [2.75, 3.05) is 6.61 Å². The second-order valence-corrected chi connectivity index (χ2v) is 6.41. The predicted octanol–water partition coefficient (Wildman–Crippen LogP) is -0.764. The molecule has 2 heterocycles. The van der Waals surface area contributed by atoms with Gasteiger partial charge in [0.15, 0.2) is 6.23 Å². The Labute approximate surface area is 147 Å². The molecule has 4 rings (SSSR count). The van der Waals surface area contributed by atoms with E-state index in [1.54, 1.807) is 36.4 Å². The maximum atomic E-state index is 12.9. The van der Waals surface area contributed by atoms with Gasteiger partial charge in [0.05, 0.1) is 6.61 Å². The topological polar surface area (TPSA) is 128 Å². The maximum absolute atomic E-state index is 12.9. The molecule has 5 atom stereocenters. The van der Waals surface area contributed by atoms with Crippen molar-refractivity contribution in [2.24, 2.45) is 0 Å². The smallest absolute Gasteiger partial charge is 0.263 e. The van der Waals surface area contributed by atoms with Crippen LogP contribution in [0.1, 0.15) is 20.7 Å². The molecule has 1 unspecified atom stereocenters. The fourth-order valence-electron chi connectivity index (χ4n) is 3.58. The highest BCUT2D eigenvalue weighted by Crippen LogP contribution is 2.33. The SMILES string of the molecule is O=C1c2cccc3cccc(c23)C(=O)N1C1O[C@H](CO)[C@@H](O)[C@@H](O)[C@@H]1O. The van der Waals surface area contributed by atoms with E-state index in [4.69, 9.17) is 4.74 Å². The molecular weight excluding hydrogens is 342 g/mol. The van der Waals surface area contributed by atoms with Gasteiger partial charge in [-0.1, -0.05) is 24.3 Å². The molecule has 2 amide bonds. The van der Waals surface area contributed by atoms with Crippen molar-refractivity contribution < 1.29 is 34.8 Å². The number of rotatable bonds is 2. The Bertz CT molecular complexity index is 845. The maximum Gasteiger partial charge on any atom is 0.263 e. The number of ether oxygens (including phenoxy) is 1. The molecule has 0 radical (unpaired) electrons. The number of aliphatic hydroxyl groups is 4. The minimum atomic E-state index is -1.72. The molecule has 1 saturated heterocycles. The van der Waals surface area contributed by atoms with E-state index in [1.165, 1.54) is 0 Å². The van der Waals surface area contributed by atoms with Crippen molar-refractivity contribution in [3.8, 4) is 0 Å². The molecule has 0 spiro atoms. The standard InChI is InChI=1S/C18H17NO7/c20-7-11-13(21)14(22)15(23)18(26-11)19-16(24)9-5-1-3-8-4-2-6-10(12(8)9)17(19)25/h1-6,11,13-15,18,20-23H,7H2/t11-,13-,14-,15+,18?/m1/s1. The third-order valence-electron chi connectivity index (χ3n) is 4.92. The summed E-state index contributed by atoms with van der Waals surface area (Å²) in [6.45, 7) is -0.649. The Morgan fingerprint density at radius 3 is 2.00 bits per heavy atom. The number of carbonyl (C=O) groups excluding carboxylic acids is 2.